The van der Waals surface area contributed by atoms with E-state index in [2.05, 4.69) is 9.97 Å². The maximum atomic E-state index is 8.65. The summed E-state index contributed by atoms with van der Waals surface area (Å²) in [6, 6.07) is 1.14. The van der Waals surface area contributed by atoms with E-state index in [0.717, 1.165) is 0 Å². The Balaban J connectivity index is 2.86. The number of aliphatic hydroxyl groups excluding tert-OH is 1. The fourth-order valence-corrected chi connectivity index (χ4v) is 0.802. The van der Waals surface area contributed by atoms with E-state index in [0.29, 0.717) is 5.69 Å². The molecule has 0 aliphatic rings. The normalized spacial score (nSPS) is 13.0. The topological polar surface area (TPSA) is 72.0 Å². The molecule has 0 aliphatic heterocycles. The van der Waals surface area contributed by atoms with Crippen LogP contribution in [0.5, 0.6) is 0 Å². The Labute approximate surface area is 69.0 Å². The minimum atomic E-state index is -0.476. The Hall–Kier alpha value is -0.710. The van der Waals surface area contributed by atoms with Crippen LogP contribution in [0, 0.1) is 0 Å². The zero-order chi connectivity index (χ0) is 8.27. The minimum Gasteiger partial charge on any atom is -0.394 e. The van der Waals surface area contributed by atoms with Crippen molar-refractivity contribution >= 4 is 11.6 Å². The zero-order valence-electron chi connectivity index (χ0n) is 5.74. The predicted octanol–water partition coefficient (Wildman–Crippen LogP) is 0.122. The summed E-state index contributed by atoms with van der Waals surface area (Å²) in [7, 11) is 0. The van der Waals surface area contributed by atoms with Gasteiger partial charge in [0.05, 0.1) is 18.3 Å². The lowest BCUT2D eigenvalue weighted by molar-refractivity contribution is 0.266. The van der Waals surface area contributed by atoms with Crippen LogP contribution in [0.25, 0.3) is 0 Å². The second-order valence-corrected chi connectivity index (χ2v) is 2.38. The molecule has 0 radical (unpaired) electrons. The fourth-order valence-electron chi connectivity index (χ4n) is 0.648. The van der Waals surface area contributed by atoms with Crippen molar-refractivity contribution in [3.8, 4) is 0 Å². The quantitative estimate of drug-likeness (QED) is 0.624. The molecule has 0 aromatic carbocycles. The van der Waals surface area contributed by atoms with Gasteiger partial charge in [-0.25, -0.2) is 9.97 Å². The summed E-state index contributed by atoms with van der Waals surface area (Å²) >= 11 is 5.49. The second-order valence-electron chi connectivity index (χ2n) is 2.04. The van der Waals surface area contributed by atoms with Crippen LogP contribution in [0.1, 0.15) is 11.7 Å². The summed E-state index contributed by atoms with van der Waals surface area (Å²) < 4.78 is 0. The van der Waals surface area contributed by atoms with Gasteiger partial charge in [0.1, 0.15) is 0 Å². The van der Waals surface area contributed by atoms with Crippen molar-refractivity contribution in [3.05, 3.63) is 23.2 Å². The van der Waals surface area contributed by atoms with Gasteiger partial charge in [-0.1, -0.05) is 0 Å². The second kappa shape index (κ2) is 3.61. The maximum absolute atomic E-state index is 8.65. The van der Waals surface area contributed by atoms with Crippen LogP contribution >= 0.6 is 11.6 Å². The third-order valence-electron chi connectivity index (χ3n) is 1.22. The van der Waals surface area contributed by atoms with Crippen molar-refractivity contribution in [2.24, 2.45) is 5.73 Å². The third-order valence-corrected chi connectivity index (χ3v) is 1.41. The molecule has 1 aromatic rings. The smallest absolute Gasteiger partial charge is 0.222 e. The fraction of sp³-hybridized carbons (Fsp3) is 0.333. The Morgan fingerprint density at radius 1 is 1.73 bits per heavy atom. The highest BCUT2D eigenvalue weighted by Crippen LogP contribution is 2.07. The first-order chi connectivity index (χ1) is 5.24. The van der Waals surface area contributed by atoms with E-state index in [1.807, 2.05) is 0 Å². The van der Waals surface area contributed by atoms with E-state index >= 15 is 0 Å². The van der Waals surface area contributed by atoms with Gasteiger partial charge in [0.15, 0.2) is 0 Å². The van der Waals surface area contributed by atoms with E-state index in [1.165, 1.54) is 6.20 Å². The summed E-state index contributed by atoms with van der Waals surface area (Å²) in [4.78, 5) is 7.49. The monoisotopic (exact) mass is 173 g/mol. The van der Waals surface area contributed by atoms with E-state index in [9.17, 15) is 0 Å². The molecule has 3 N–H and O–H groups in total. The van der Waals surface area contributed by atoms with Gasteiger partial charge in [-0.3, -0.25) is 0 Å². The molecule has 0 spiro atoms. The molecule has 4 nitrogen and oxygen atoms in total. The first-order valence-corrected chi connectivity index (χ1v) is 3.46. The lowest BCUT2D eigenvalue weighted by Crippen LogP contribution is -2.16. The molecule has 0 amide bonds. The van der Waals surface area contributed by atoms with E-state index in [-0.39, 0.29) is 11.9 Å². The molecule has 1 aromatic heterocycles. The van der Waals surface area contributed by atoms with Crippen LogP contribution in [0.2, 0.25) is 5.28 Å². The van der Waals surface area contributed by atoms with Crippen LogP contribution in [0.3, 0.4) is 0 Å². The van der Waals surface area contributed by atoms with Crippen LogP contribution in [0.15, 0.2) is 12.3 Å². The molecule has 1 rings (SSSR count). The molecule has 1 heterocycles. The van der Waals surface area contributed by atoms with Gasteiger partial charge < -0.3 is 10.8 Å². The van der Waals surface area contributed by atoms with Crippen molar-refractivity contribution < 1.29 is 5.11 Å². The summed E-state index contributed by atoms with van der Waals surface area (Å²) in [5.41, 5.74) is 6.01. The number of rotatable bonds is 2. The molecule has 5 heteroatoms. The van der Waals surface area contributed by atoms with Gasteiger partial charge in [0, 0.05) is 6.20 Å². The highest BCUT2D eigenvalue weighted by molar-refractivity contribution is 6.28. The van der Waals surface area contributed by atoms with Crippen LogP contribution < -0.4 is 5.73 Å². The highest BCUT2D eigenvalue weighted by atomic mass is 35.5. The molecule has 0 bridgehead atoms. The Bertz CT molecular complexity index is 243. The average Bonchev–Trinajstić information content (AvgIpc) is 2.03. The molecule has 0 saturated carbocycles. The average molecular weight is 174 g/mol. The highest BCUT2D eigenvalue weighted by Gasteiger charge is 2.05. The number of nitrogens with two attached hydrogens (primary N) is 1. The van der Waals surface area contributed by atoms with Gasteiger partial charge in [-0.05, 0) is 17.7 Å². The molecule has 0 fully saturated rings. The van der Waals surface area contributed by atoms with Crippen molar-refractivity contribution in [1.29, 1.82) is 0 Å². The van der Waals surface area contributed by atoms with Gasteiger partial charge in [-0.2, -0.15) is 0 Å². The van der Waals surface area contributed by atoms with E-state index in [4.69, 9.17) is 22.4 Å². The first-order valence-electron chi connectivity index (χ1n) is 3.09. The lowest BCUT2D eigenvalue weighted by Gasteiger charge is -2.05. The van der Waals surface area contributed by atoms with Crippen LogP contribution in [-0.4, -0.2) is 21.7 Å². The summed E-state index contributed by atoms with van der Waals surface area (Å²) in [6.07, 6.45) is 1.50. The van der Waals surface area contributed by atoms with Crippen molar-refractivity contribution in [1.82, 2.24) is 9.97 Å². The van der Waals surface area contributed by atoms with E-state index < -0.39 is 6.04 Å². The molecule has 60 valence electrons. The Morgan fingerprint density at radius 2 is 2.45 bits per heavy atom. The van der Waals surface area contributed by atoms with Gasteiger partial charge in [0.2, 0.25) is 5.28 Å². The summed E-state index contributed by atoms with van der Waals surface area (Å²) in [5, 5.41) is 8.80. The molecule has 11 heavy (non-hydrogen) atoms. The van der Waals surface area contributed by atoms with Crippen LogP contribution in [-0.2, 0) is 0 Å². The largest absolute Gasteiger partial charge is 0.394 e. The molecule has 0 saturated heterocycles. The van der Waals surface area contributed by atoms with Gasteiger partial charge in [-0.15, -0.1) is 0 Å². The molecular formula is C6H8ClN3O. The predicted molar refractivity (Wildman–Crippen MR) is 41.1 cm³/mol. The number of hydrogen-bond acceptors (Lipinski definition) is 4. The summed E-state index contributed by atoms with van der Waals surface area (Å²) in [6.45, 7) is -0.145. The van der Waals surface area contributed by atoms with Crippen molar-refractivity contribution in [2.75, 3.05) is 6.61 Å². The lowest BCUT2D eigenvalue weighted by atomic mass is 10.2. The SMILES string of the molecule is NC(CO)c1ccnc(Cl)n1. The molecule has 1 atom stereocenters. The van der Waals surface area contributed by atoms with Crippen molar-refractivity contribution in [2.45, 2.75) is 6.04 Å². The Kier molecular flexibility index (Phi) is 2.76. The minimum absolute atomic E-state index is 0.145. The standard InChI is InChI=1S/C6H8ClN3O/c7-6-9-2-1-5(10-6)4(8)3-11/h1-2,4,11H,3,8H2. The Morgan fingerprint density at radius 3 is 3.00 bits per heavy atom. The third kappa shape index (κ3) is 2.11. The number of aromatic nitrogens is 2. The number of aliphatic hydroxyl groups is 1. The number of nitrogens with zero attached hydrogens (tertiary/aromatic N) is 2. The van der Waals surface area contributed by atoms with E-state index in [1.54, 1.807) is 6.07 Å². The van der Waals surface area contributed by atoms with Gasteiger partial charge in [0.25, 0.3) is 0 Å². The molecule has 0 aliphatic carbocycles. The maximum Gasteiger partial charge on any atom is 0.222 e. The zero-order valence-corrected chi connectivity index (χ0v) is 6.49. The summed E-state index contributed by atoms with van der Waals surface area (Å²) in [5.74, 6) is 0. The first kappa shape index (κ1) is 8.39. The molecule has 1 unspecified atom stereocenters. The van der Waals surface area contributed by atoms with Crippen molar-refractivity contribution in [3.63, 3.8) is 0 Å². The van der Waals surface area contributed by atoms with Gasteiger partial charge >= 0.3 is 0 Å². The number of hydrogen-bond donors (Lipinski definition) is 2. The van der Waals surface area contributed by atoms with Crippen LogP contribution in [0.4, 0.5) is 0 Å². The number of halogens is 1. The molecular weight excluding hydrogens is 166 g/mol.